The Bertz CT molecular complexity index is 321. The van der Waals surface area contributed by atoms with E-state index in [2.05, 4.69) is 24.4 Å². The summed E-state index contributed by atoms with van der Waals surface area (Å²) >= 11 is 0. The molecule has 0 fully saturated rings. The molecule has 1 atom stereocenters. The first kappa shape index (κ1) is 16.0. The normalized spacial score (nSPS) is 12.4. The third kappa shape index (κ3) is 6.57. The first-order valence-corrected chi connectivity index (χ1v) is 6.73. The van der Waals surface area contributed by atoms with Crippen molar-refractivity contribution in [2.45, 2.75) is 19.4 Å². The van der Waals surface area contributed by atoms with Crippen LogP contribution < -0.4 is 10.1 Å². The second-order valence-corrected chi connectivity index (χ2v) is 4.41. The van der Waals surface area contributed by atoms with Crippen LogP contribution in [0, 0.1) is 0 Å². The van der Waals surface area contributed by atoms with Gasteiger partial charge in [-0.3, -0.25) is 0 Å². The molecule has 0 saturated carbocycles. The van der Waals surface area contributed by atoms with Crippen LogP contribution in [0.25, 0.3) is 0 Å². The molecule has 0 radical (unpaired) electrons. The summed E-state index contributed by atoms with van der Waals surface area (Å²) in [7, 11) is 3.42. The minimum atomic E-state index is 0.225. The second-order valence-electron chi connectivity index (χ2n) is 4.41. The highest BCUT2D eigenvalue weighted by atomic mass is 16.5. The van der Waals surface area contributed by atoms with E-state index in [9.17, 15) is 0 Å². The van der Waals surface area contributed by atoms with Crippen LogP contribution in [0.1, 0.15) is 12.5 Å². The van der Waals surface area contributed by atoms with Gasteiger partial charge in [0.2, 0.25) is 0 Å². The lowest BCUT2D eigenvalue weighted by Gasteiger charge is -2.17. The molecular formula is C15H25NO3. The molecule has 0 aliphatic carbocycles. The fourth-order valence-electron chi connectivity index (χ4n) is 1.82. The van der Waals surface area contributed by atoms with Crippen LogP contribution in [0.4, 0.5) is 0 Å². The van der Waals surface area contributed by atoms with Gasteiger partial charge in [-0.1, -0.05) is 19.1 Å². The van der Waals surface area contributed by atoms with Crippen LogP contribution in [0.5, 0.6) is 5.75 Å². The second kappa shape index (κ2) is 9.78. The summed E-state index contributed by atoms with van der Waals surface area (Å²) < 4.78 is 16.0. The smallest absolute Gasteiger partial charge is 0.119 e. The third-order valence-electron chi connectivity index (χ3n) is 2.83. The van der Waals surface area contributed by atoms with Gasteiger partial charge in [-0.2, -0.15) is 0 Å². The Kier molecular flexibility index (Phi) is 8.21. The van der Waals surface area contributed by atoms with Gasteiger partial charge in [0.05, 0.1) is 19.3 Å². The first-order valence-electron chi connectivity index (χ1n) is 6.73. The van der Waals surface area contributed by atoms with Gasteiger partial charge >= 0.3 is 0 Å². The molecule has 0 heterocycles. The maximum Gasteiger partial charge on any atom is 0.119 e. The number of rotatable bonds is 10. The molecule has 0 saturated heterocycles. The number of benzene rings is 1. The lowest BCUT2D eigenvalue weighted by Crippen LogP contribution is -2.38. The van der Waals surface area contributed by atoms with E-state index in [1.165, 1.54) is 5.56 Å². The largest absolute Gasteiger partial charge is 0.492 e. The molecule has 4 heteroatoms. The van der Waals surface area contributed by atoms with Crippen molar-refractivity contribution in [2.24, 2.45) is 0 Å². The van der Waals surface area contributed by atoms with Crippen LogP contribution in [0.15, 0.2) is 24.3 Å². The molecule has 1 unspecified atom stereocenters. The van der Waals surface area contributed by atoms with Crippen molar-refractivity contribution in [2.75, 3.05) is 40.6 Å². The summed E-state index contributed by atoms with van der Waals surface area (Å²) in [4.78, 5) is 0. The number of ether oxygens (including phenoxy) is 3. The van der Waals surface area contributed by atoms with Crippen molar-refractivity contribution in [3.8, 4) is 5.75 Å². The van der Waals surface area contributed by atoms with Crippen LogP contribution in [0.3, 0.4) is 0 Å². The van der Waals surface area contributed by atoms with Crippen LogP contribution in [-0.2, 0) is 15.9 Å². The highest BCUT2D eigenvalue weighted by molar-refractivity contribution is 5.27. The highest BCUT2D eigenvalue weighted by Crippen LogP contribution is 2.13. The Balaban J connectivity index is 2.39. The van der Waals surface area contributed by atoms with E-state index in [0.29, 0.717) is 13.2 Å². The van der Waals surface area contributed by atoms with Crippen molar-refractivity contribution >= 4 is 0 Å². The summed E-state index contributed by atoms with van der Waals surface area (Å²) in [5.74, 6) is 0.889. The number of nitrogens with one attached hydrogen (secondary N) is 1. The molecule has 0 amide bonds. The predicted octanol–water partition coefficient (Wildman–Crippen LogP) is 1.88. The third-order valence-corrected chi connectivity index (χ3v) is 2.83. The Morgan fingerprint density at radius 3 is 2.37 bits per heavy atom. The van der Waals surface area contributed by atoms with Gasteiger partial charge in [0, 0.05) is 14.2 Å². The highest BCUT2D eigenvalue weighted by Gasteiger charge is 2.07. The molecule has 108 valence electrons. The monoisotopic (exact) mass is 267 g/mol. The summed E-state index contributed by atoms with van der Waals surface area (Å²) in [5.41, 5.74) is 1.26. The minimum absolute atomic E-state index is 0.225. The van der Waals surface area contributed by atoms with Gasteiger partial charge in [0.15, 0.2) is 0 Å². The molecule has 0 aromatic heterocycles. The topological polar surface area (TPSA) is 39.7 Å². The Hall–Kier alpha value is -1.10. The first-order chi connectivity index (χ1) is 9.30. The summed E-state index contributed by atoms with van der Waals surface area (Å²) in [6.45, 7) is 5.00. The molecule has 1 rings (SSSR count). The van der Waals surface area contributed by atoms with Gasteiger partial charge in [0.1, 0.15) is 12.4 Å². The van der Waals surface area contributed by atoms with Crippen LogP contribution in [-0.4, -0.2) is 46.6 Å². The zero-order valence-corrected chi connectivity index (χ0v) is 12.1. The van der Waals surface area contributed by atoms with E-state index in [0.717, 1.165) is 25.3 Å². The number of hydrogen-bond acceptors (Lipinski definition) is 4. The van der Waals surface area contributed by atoms with Gasteiger partial charge in [0.25, 0.3) is 0 Å². The van der Waals surface area contributed by atoms with Crippen LogP contribution in [0.2, 0.25) is 0 Å². The van der Waals surface area contributed by atoms with E-state index < -0.39 is 0 Å². The molecule has 1 N–H and O–H groups in total. The lowest BCUT2D eigenvalue weighted by atomic mass is 10.1. The lowest BCUT2D eigenvalue weighted by molar-refractivity contribution is 0.137. The number of methoxy groups -OCH3 is 2. The minimum Gasteiger partial charge on any atom is -0.492 e. The molecule has 1 aromatic carbocycles. The predicted molar refractivity (Wildman–Crippen MR) is 76.9 cm³/mol. The van der Waals surface area contributed by atoms with Crippen molar-refractivity contribution < 1.29 is 14.2 Å². The Labute approximate surface area is 116 Å². The number of likely N-dealkylation sites (N-methyl/N-ethyl adjacent to an activating group) is 1. The van der Waals surface area contributed by atoms with E-state index >= 15 is 0 Å². The fraction of sp³-hybridized carbons (Fsp3) is 0.600. The molecule has 19 heavy (non-hydrogen) atoms. The average molecular weight is 267 g/mol. The van der Waals surface area contributed by atoms with Crippen molar-refractivity contribution in [3.05, 3.63) is 29.8 Å². The molecule has 0 spiro atoms. The summed E-state index contributed by atoms with van der Waals surface area (Å²) in [6, 6.07) is 8.38. The summed E-state index contributed by atoms with van der Waals surface area (Å²) in [5, 5.41) is 3.33. The van der Waals surface area contributed by atoms with Gasteiger partial charge in [-0.25, -0.2) is 0 Å². The summed E-state index contributed by atoms with van der Waals surface area (Å²) in [6.07, 6.45) is 0.931. The quantitative estimate of drug-likeness (QED) is 0.702. The Morgan fingerprint density at radius 1 is 1.05 bits per heavy atom. The molecular weight excluding hydrogens is 242 g/mol. The Morgan fingerprint density at radius 2 is 1.79 bits per heavy atom. The fourth-order valence-corrected chi connectivity index (χ4v) is 1.82. The average Bonchev–Trinajstić information content (AvgIpc) is 2.44. The standard InChI is InChI=1S/C15H25NO3/c1-4-16-14(11-18-3)12-19-15-7-5-13(6-8-15)9-10-17-2/h5-8,14,16H,4,9-12H2,1-3H3. The van der Waals surface area contributed by atoms with Crippen molar-refractivity contribution in [3.63, 3.8) is 0 Å². The zero-order chi connectivity index (χ0) is 13.9. The number of hydrogen-bond donors (Lipinski definition) is 1. The van der Waals surface area contributed by atoms with Crippen LogP contribution >= 0.6 is 0 Å². The van der Waals surface area contributed by atoms with E-state index in [4.69, 9.17) is 14.2 Å². The van der Waals surface area contributed by atoms with E-state index in [1.54, 1.807) is 14.2 Å². The van der Waals surface area contributed by atoms with Crippen molar-refractivity contribution in [1.82, 2.24) is 5.32 Å². The van der Waals surface area contributed by atoms with Gasteiger partial charge in [-0.15, -0.1) is 0 Å². The molecule has 1 aromatic rings. The van der Waals surface area contributed by atoms with E-state index in [-0.39, 0.29) is 6.04 Å². The maximum atomic E-state index is 5.76. The zero-order valence-electron chi connectivity index (χ0n) is 12.1. The SMILES string of the molecule is CCNC(COC)COc1ccc(CCOC)cc1. The van der Waals surface area contributed by atoms with E-state index in [1.807, 2.05) is 12.1 Å². The van der Waals surface area contributed by atoms with Gasteiger partial charge in [-0.05, 0) is 30.7 Å². The van der Waals surface area contributed by atoms with Gasteiger partial charge < -0.3 is 19.5 Å². The molecule has 0 aliphatic heterocycles. The molecule has 0 bridgehead atoms. The molecule has 4 nitrogen and oxygen atoms in total. The maximum absolute atomic E-state index is 5.76. The molecule has 0 aliphatic rings. The van der Waals surface area contributed by atoms with Crippen molar-refractivity contribution in [1.29, 1.82) is 0 Å².